The summed E-state index contributed by atoms with van der Waals surface area (Å²) in [4.78, 5) is 35.3. The first-order chi connectivity index (χ1) is 18.9. The van der Waals surface area contributed by atoms with E-state index in [-0.39, 0.29) is 17.6 Å². The molecule has 10 heteroatoms. The second-order valence-corrected chi connectivity index (χ2v) is 10.7. The molecule has 0 unspecified atom stereocenters. The summed E-state index contributed by atoms with van der Waals surface area (Å²) in [5, 5.41) is 8.97. The number of aryl methyl sites for hydroxylation is 2. The molecular weight excluding hydrogens is 514 g/mol. The molecule has 39 heavy (non-hydrogen) atoms. The number of hydrogen-bond donors (Lipinski definition) is 1. The lowest BCUT2D eigenvalue weighted by Gasteiger charge is -2.29. The van der Waals surface area contributed by atoms with Crippen molar-refractivity contribution in [2.45, 2.75) is 58.7 Å². The van der Waals surface area contributed by atoms with E-state index in [1.54, 1.807) is 23.0 Å². The Kier molecular flexibility index (Phi) is 6.68. The topological polar surface area (TPSA) is 99.6 Å². The van der Waals surface area contributed by atoms with E-state index in [4.69, 9.17) is 11.6 Å². The Morgan fingerprint density at radius 3 is 2.62 bits per heavy atom. The normalized spacial score (nSPS) is 17.6. The van der Waals surface area contributed by atoms with Crippen molar-refractivity contribution in [1.82, 2.24) is 34.2 Å². The smallest absolute Gasteiger partial charge is 0.333 e. The molecule has 1 aliphatic carbocycles. The van der Waals surface area contributed by atoms with E-state index in [1.165, 1.54) is 0 Å². The van der Waals surface area contributed by atoms with Crippen LogP contribution in [0.3, 0.4) is 0 Å². The molecule has 6 rings (SSSR count). The molecule has 1 fully saturated rings. The van der Waals surface area contributed by atoms with Crippen LogP contribution in [0.15, 0.2) is 59.8 Å². The van der Waals surface area contributed by atoms with E-state index >= 15 is 0 Å². The zero-order valence-electron chi connectivity index (χ0n) is 22.0. The number of para-hydroxylation sites is 2. The fourth-order valence-electron chi connectivity index (χ4n) is 5.62. The van der Waals surface area contributed by atoms with Crippen molar-refractivity contribution in [2.75, 3.05) is 0 Å². The van der Waals surface area contributed by atoms with Crippen molar-refractivity contribution in [3.63, 3.8) is 0 Å². The van der Waals surface area contributed by atoms with E-state index in [1.807, 2.05) is 59.6 Å². The molecule has 1 aromatic carbocycles. The van der Waals surface area contributed by atoms with Crippen LogP contribution in [-0.2, 0) is 13.1 Å². The van der Waals surface area contributed by atoms with Gasteiger partial charge in [0.2, 0.25) is 0 Å². The Labute approximate surface area is 230 Å². The quantitative estimate of drug-likeness (QED) is 0.328. The van der Waals surface area contributed by atoms with Crippen LogP contribution in [0.5, 0.6) is 0 Å². The van der Waals surface area contributed by atoms with Crippen molar-refractivity contribution in [3.8, 4) is 5.69 Å². The summed E-state index contributed by atoms with van der Waals surface area (Å²) < 4.78 is 5.48. The number of carbonyl (C=O) groups excluding carboxylic acids is 1. The van der Waals surface area contributed by atoms with E-state index in [0.29, 0.717) is 34.4 Å². The van der Waals surface area contributed by atoms with Gasteiger partial charge in [-0.3, -0.25) is 23.6 Å². The van der Waals surface area contributed by atoms with Crippen molar-refractivity contribution < 1.29 is 4.79 Å². The largest absolute Gasteiger partial charge is 0.349 e. The lowest BCUT2D eigenvalue weighted by atomic mass is 9.85. The maximum Gasteiger partial charge on any atom is 0.333 e. The van der Waals surface area contributed by atoms with E-state index in [9.17, 15) is 9.59 Å². The summed E-state index contributed by atoms with van der Waals surface area (Å²) in [6.07, 6.45) is 8.79. The molecule has 4 aromatic heterocycles. The van der Waals surface area contributed by atoms with E-state index < -0.39 is 0 Å². The van der Waals surface area contributed by atoms with Crippen molar-refractivity contribution in [2.24, 2.45) is 5.92 Å². The molecule has 4 heterocycles. The molecule has 200 valence electrons. The monoisotopic (exact) mass is 543 g/mol. The summed E-state index contributed by atoms with van der Waals surface area (Å²) in [6, 6.07) is 11.6. The lowest BCUT2D eigenvalue weighted by molar-refractivity contribution is 0.0919. The second-order valence-electron chi connectivity index (χ2n) is 10.3. The number of hydrogen-bond acceptors (Lipinski definition) is 5. The molecule has 0 radical (unpaired) electrons. The molecule has 0 spiro atoms. The van der Waals surface area contributed by atoms with Crippen LogP contribution in [0.1, 0.15) is 48.7 Å². The summed E-state index contributed by atoms with van der Waals surface area (Å²) in [6.45, 7) is 5.23. The minimum atomic E-state index is -0.139. The number of nitrogens with one attached hydrogen (secondary N) is 1. The highest BCUT2D eigenvalue weighted by Crippen LogP contribution is 2.28. The number of rotatable bonds is 6. The van der Waals surface area contributed by atoms with Gasteiger partial charge in [-0.15, -0.1) is 0 Å². The molecular formula is C29H30ClN7O2. The third kappa shape index (κ3) is 4.83. The number of benzene rings is 1. The van der Waals surface area contributed by atoms with Crippen LogP contribution < -0.4 is 11.0 Å². The summed E-state index contributed by atoms with van der Waals surface area (Å²) in [7, 11) is 0. The molecule has 0 bridgehead atoms. The molecule has 5 aromatic rings. The van der Waals surface area contributed by atoms with Crippen LogP contribution >= 0.6 is 11.6 Å². The fourth-order valence-corrected chi connectivity index (χ4v) is 5.78. The first-order valence-corrected chi connectivity index (χ1v) is 13.8. The number of pyridine rings is 2. The number of aromatic nitrogens is 6. The standard InChI is InChI=1S/C29H30ClN7O2/c1-3-35-17-20-12-23(15-32-27(20)34-35)37-26-7-5-4-6-25(26)36(29(37)39)16-19-8-10-22(11-9-19)33-28(38)24-13-21(30)14-31-18(24)2/h4-7,12-15,17,19,22H,3,8-11,16H2,1-2H3,(H,33,38)/t19-,22-. The van der Waals surface area contributed by atoms with Crippen molar-refractivity contribution in [3.05, 3.63) is 81.8 Å². The van der Waals surface area contributed by atoms with Gasteiger partial charge in [0.05, 0.1) is 39.2 Å². The SMILES string of the molecule is CCn1cc2cc(-n3c(=O)n(C[C@H]4CC[C@H](NC(=O)c5cc(Cl)cnc5C)CC4)c4ccccc43)cnc2n1. The number of carbonyl (C=O) groups is 1. The minimum absolute atomic E-state index is 0.0698. The molecule has 1 N–H and O–H groups in total. The number of halogens is 1. The molecule has 1 saturated carbocycles. The van der Waals surface area contributed by atoms with Crippen molar-refractivity contribution >= 4 is 39.6 Å². The Bertz CT molecular complexity index is 1740. The summed E-state index contributed by atoms with van der Waals surface area (Å²) in [5.41, 5.74) is 4.27. The lowest BCUT2D eigenvalue weighted by Crippen LogP contribution is -2.39. The molecule has 1 amide bonds. The predicted molar refractivity (Wildman–Crippen MR) is 151 cm³/mol. The van der Waals surface area contributed by atoms with Gasteiger partial charge in [-0.05, 0) is 69.7 Å². The van der Waals surface area contributed by atoms with E-state index in [2.05, 4.69) is 20.4 Å². The highest BCUT2D eigenvalue weighted by molar-refractivity contribution is 6.30. The highest BCUT2D eigenvalue weighted by atomic mass is 35.5. The van der Waals surface area contributed by atoms with Gasteiger partial charge in [-0.1, -0.05) is 23.7 Å². The van der Waals surface area contributed by atoms with Gasteiger partial charge in [0, 0.05) is 36.9 Å². The molecule has 9 nitrogen and oxygen atoms in total. The zero-order valence-corrected chi connectivity index (χ0v) is 22.7. The number of fused-ring (bicyclic) bond motifs is 2. The third-order valence-corrected chi connectivity index (χ3v) is 7.94. The first-order valence-electron chi connectivity index (χ1n) is 13.4. The summed E-state index contributed by atoms with van der Waals surface area (Å²) in [5.74, 6) is 0.202. The van der Waals surface area contributed by atoms with Crippen LogP contribution in [-0.4, -0.2) is 40.8 Å². The second kappa shape index (κ2) is 10.3. The van der Waals surface area contributed by atoms with Crippen LogP contribution in [0.25, 0.3) is 27.8 Å². The van der Waals surface area contributed by atoms with Gasteiger partial charge in [0.15, 0.2) is 5.65 Å². The molecule has 0 saturated heterocycles. The van der Waals surface area contributed by atoms with Gasteiger partial charge < -0.3 is 5.32 Å². The van der Waals surface area contributed by atoms with Gasteiger partial charge in [-0.2, -0.15) is 5.10 Å². The van der Waals surface area contributed by atoms with Gasteiger partial charge in [0.1, 0.15) is 0 Å². The van der Waals surface area contributed by atoms with Gasteiger partial charge >= 0.3 is 5.69 Å². The predicted octanol–water partition coefficient (Wildman–Crippen LogP) is 4.90. The summed E-state index contributed by atoms with van der Waals surface area (Å²) >= 11 is 6.05. The molecule has 1 aliphatic rings. The number of amides is 1. The Morgan fingerprint density at radius 1 is 1.08 bits per heavy atom. The van der Waals surface area contributed by atoms with Crippen molar-refractivity contribution in [1.29, 1.82) is 0 Å². The third-order valence-electron chi connectivity index (χ3n) is 7.73. The fraction of sp³-hybridized carbons (Fsp3) is 0.345. The van der Waals surface area contributed by atoms with Gasteiger partial charge in [0.25, 0.3) is 5.91 Å². The Balaban J connectivity index is 1.21. The average Bonchev–Trinajstić information content (AvgIpc) is 3.48. The first kappa shape index (κ1) is 25.3. The maximum atomic E-state index is 13.8. The maximum absolute atomic E-state index is 13.8. The molecule has 0 aliphatic heterocycles. The Morgan fingerprint density at radius 2 is 1.85 bits per heavy atom. The van der Waals surface area contributed by atoms with Crippen LogP contribution in [0.4, 0.5) is 0 Å². The molecule has 0 atom stereocenters. The van der Waals surface area contributed by atoms with Gasteiger partial charge in [-0.25, -0.2) is 9.78 Å². The zero-order chi connectivity index (χ0) is 27.1. The van der Waals surface area contributed by atoms with E-state index in [0.717, 1.165) is 54.3 Å². The Hall–Kier alpha value is -3.98. The highest BCUT2D eigenvalue weighted by Gasteiger charge is 2.26. The number of imidazole rings is 1. The average molecular weight is 544 g/mol. The number of nitrogens with zero attached hydrogens (tertiary/aromatic N) is 6. The minimum Gasteiger partial charge on any atom is -0.349 e. The van der Waals surface area contributed by atoms with Crippen LogP contribution in [0, 0.1) is 12.8 Å². The van der Waals surface area contributed by atoms with Crippen LogP contribution in [0.2, 0.25) is 5.02 Å².